The number of halogens is 1. The van der Waals surface area contributed by atoms with Gasteiger partial charge in [-0.05, 0) is 15.9 Å². The molecular formula is C11H13BrO2. The van der Waals surface area contributed by atoms with Crippen molar-refractivity contribution in [2.75, 3.05) is 0 Å². The second kappa shape index (κ2) is 5.15. The van der Waals surface area contributed by atoms with Crippen molar-refractivity contribution in [3.8, 4) is 0 Å². The van der Waals surface area contributed by atoms with Crippen LogP contribution in [0.4, 0.5) is 0 Å². The van der Waals surface area contributed by atoms with Crippen molar-refractivity contribution in [1.82, 2.24) is 0 Å². The molecule has 2 nitrogen and oxygen atoms in total. The van der Waals surface area contributed by atoms with E-state index >= 15 is 0 Å². The van der Waals surface area contributed by atoms with Crippen molar-refractivity contribution in [3.05, 3.63) is 35.9 Å². The third-order valence-electron chi connectivity index (χ3n) is 1.75. The molecule has 14 heavy (non-hydrogen) atoms. The van der Waals surface area contributed by atoms with Gasteiger partial charge in [0.2, 0.25) is 0 Å². The standard InChI is InChI=1S/C11H13BrO2/c1-8(2)11(13)14-10(12)9-6-4-3-5-7-9/h3-8,10H,1-2H3. The maximum Gasteiger partial charge on any atom is 0.309 e. The van der Waals surface area contributed by atoms with E-state index in [-0.39, 0.29) is 16.9 Å². The zero-order valence-electron chi connectivity index (χ0n) is 8.24. The van der Waals surface area contributed by atoms with E-state index in [0.29, 0.717) is 0 Å². The van der Waals surface area contributed by atoms with Gasteiger partial charge in [0.15, 0.2) is 5.01 Å². The third-order valence-corrected chi connectivity index (χ3v) is 2.47. The van der Waals surface area contributed by atoms with Crippen LogP contribution in [0.25, 0.3) is 0 Å². The summed E-state index contributed by atoms with van der Waals surface area (Å²) in [6, 6.07) is 9.56. The van der Waals surface area contributed by atoms with Crippen molar-refractivity contribution in [2.24, 2.45) is 5.92 Å². The van der Waals surface area contributed by atoms with Crippen LogP contribution >= 0.6 is 15.9 Å². The zero-order chi connectivity index (χ0) is 10.6. The molecule has 1 aromatic carbocycles. The molecule has 1 unspecified atom stereocenters. The molecule has 1 aromatic rings. The zero-order valence-corrected chi connectivity index (χ0v) is 9.82. The normalized spacial score (nSPS) is 12.6. The number of ether oxygens (including phenoxy) is 1. The van der Waals surface area contributed by atoms with Gasteiger partial charge in [0.25, 0.3) is 0 Å². The lowest BCUT2D eigenvalue weighted by molar-refractivity contribution is -0.148. The number of alkyl halides is 1. The molecule has 1 rings (SSSR count). The Bertz CT molecular complexity index is 295. The first kappa shape index (κ1) is 11.2. The van der Waals surface area contributed by atoms with Gasteiger partial charge in [-0.15, -0.1) is 0 Å². The largest absolute Gasteiger partial charge is 0.446 e. The molecule has 0 aliphatic rings. The maximum absolute atomic E-state index is 11.3. The first-order chi connectivity index (χ1) is 6.61. The van der Waals surface area contributed by atoms with Crippen molar-refractivity contribution in [1.29, 1.82) is 0 Å². The number of rotatable bonds is 3. The van der Waals surface area contributed by atoms with Gasteiger partial charge in [0.1, 0.15) is 0 Å². The second-order valence-corrected chi connectivity index (χ2v) is 4.15. The predicted molar refractivity (Wildman–Crippen MR) is 59.0 cm³/mol. The van der Waals surface area contributed by atoms with Crippen LogP contribution in [-0.4, -0.2) is 5.97 Å². The maximum atomic E-state index is 11.3. The minimum Gasteiger partial charge on any atom is -0.446 e. The monoisotopic (exact) mass is 256 g/mol. The molecule has 0 fully saturated rings. The Morgan fingerprint density at radius 1 is 1.29 bits per heavy atom. The number of esters is 1. The van der Waals surface area contributed by atoms with Crippen LogP contribution in [0.5, 0.6) is 0 Å². The molecule has 0 aromatic heterocycles. The lowest BCUT2D eigenvalue weighted by Gasteiger charge is -2.13. The highest BCUT2D eigenvalue weighted by molar-refractivity contribution is 9.09. The van der Waals surface area contributed by atoms with Crippen molar-refractivity contribution < 1.29 is 9.53 Å². The molecular weight excluding hydrogens is 244 g/mol. The molecule has 1 atom stereocenters. The van der Waals surface area contributed by atoms with Crippen LogP contribution in [0.3, 0.4) is 0 Å². The van der Waals surface area contributed by atoms with Gasteiger partial charge in [-0.3, -0.25) is 4.79 Å². The molecule has 0 bridgehead atoms. The van der Waals surface area contributed by atoms with Crippen LogP contribution in [0.2, 0.25) is 0 Å². The smallest absolute Gasteiger partial charge is 0.309 e. The summed E-state index contributed by atoms with van der Waals surface area (Å²) < 4.78 is 5.18. The van der Waals surface area contributed by atoms with E-state index in [1.807, 2.05) is 44.2 Å². The quantitative estimate of drug-likeness (QED) is 0.613. The van der Waals surface area contributed by atoms with E-state index in [0.717, 1.165) is 5.56 Å². The Morgan fingerprint density at radius 3 is 2.36 bits per heavy atom. The highest BCUT2D eigenvalue weighted by atomic mass is 79.9. The predicted octanol–water partition coefficient (Wildman–Crippen LogP) is 3.28. The molecule has 76 valence electrons. The highest BCUT2D eigenvalue weighted by Gasteiger charge is 2.15. The first-order valence-electron chi connectivity index (χ1n) is 4.50. The summed E-state index contributed by atoms with van der Waals surface area (Å²) in [6.07, 6.45) is 0. The Morgan fingerprint density at radius 2 is 1.86 bits per heavy atom. The molecule has 0 amide bonds. The average Bonchev–Trinajstić information content (AvgIpc) is 2.19. The summed E-state index contributed by atoms with van der Waals surface area (Å²) in [7, 11) is 0. The van der Waals surface area contributed by atoms with Crippen LogP contribution < -0.4 is 0 Å². The molecule has 3 heteroatoms. The van der Waals surface area contributed by atoms with Crippen molar-refractivity contribution in [2.45, 2.75) is 18.9 Å². The van der Waals surface area contributed by atoms with Crippen LogP contribution in [0, 0.1) is 5.92 Å². The number of hydrogen-bond acceptors (Lipinski definition) is 2. The van der Waals surface area contributed by atoms with Gasteiger partial charge in [0.05, 0.1) is 5.92 Å². The van der Waals surface area contributed by atoms with E-state index < -0.39 is 0 Å². The summed E-state index contributed by atoms with van der Waals surface area (Å²) in [5, 5.41) is -0.349. The minimum absolute atomic E-state index is 0.0984. The fourth-order valence-corrected chi connectivity index (χ4v) is 1.40. The molecule has 0 saturated carbocycles. The summed E-state index contributed by atoms with van der Waals surface area (Å²) >= 11 is 3.31. The summed E-state index contributed by atoms with van der Waals surface area (Å²) in [4.78, 5) is 11.3. The van der Waals surface area contributed by atoms with E-state index in [4.69, 9.17) is 4.74 Å². The molecule has 0 spiro atoms. The lowest BCUT2D eigenvalue weighted by atomic mass is 10.2. The van der Waals surface area contributed by atoms with Crippen LogP contribution in [-0.2, 0) is 9.53 Å². The second-order valence-electron chi connectivity index (χ2n) is 3.32. The van der Waals surface area contributed by atoms with Gasteiger partial charge in [-0.25, -0.2) is 0 Å². The number of carbonyl (C=O) groups is 1. The molecule has 0 radical (unpaired) electrons. The summed E-state index contributed by atoms with van der Waals surface area (Å²) in [6.45, 7) is 3.63. The number of carbonyl (C=O) groups excluding carboxylic acids is 1. The van der Waals surface area contributed by atoms with Crippen LogP contribution in [0.1, 0.15) is 24.4 Å². The topological polar surface area (TPSA) is 26.3 Å². The lowest BCUT2D eigenvalue weighted by Crippen LogP contribution is -2.12. The van der Waals surface area contributed by atoms with E-state index in [2.05, 4.69) is 15.9 Å². The SMILES string of the molecule is CC(C)C(=O)OC(Br)c1ccccc1. The molecule has 0 heterocycles. The van der Waals surface area contributed by atoms with Gasteiger partial charge in [-0.1, -0.05) is 44.2 Å². The fourth-order valence-electron chi connectivity index (χ4n) is 0.910. The summed E-state index contributed by atoms with van der Waals surface area (Å²) in [5.74, 6) is -0.297. The average molecular weight is 257 g/mol. The Hall–Kier alpha value is -0.830. The number of benzene rings is 1. The van der Waals surface area contributed by atoms with E-state index in [1.54, 1.807) is 0 Å². The van der Waals surface area contributed by atoms with Gasteiger partial charge < -0.3 is 4.74 Å². The van der Waals surface area contributed by atoms with Gasteiger partial charge in [-0.2, -0.15) is 0 Å². The molecule has 0 N–H and O–H groups in total. The Kier molecular flexibility index (Phi) is 4.14. The van der Waals surface area contributed by atoms with E-state index in [1.165, 1.54) is 0 Å². The fraction of sp³-hybridized carbons (Fsp3) is 0.364. The van der Waals surface area contributed by atoms with Crippen LogP contribution in [0.15, 0.2) is 30.3 Å². The van der Waals surface area contributed by atoms with Crippen molar-refractivity contribution in [3.63, 3.8) is 0 Å². The van der Waals surface area contributed by atoms with E-state index in [9.17, 15) is 4.79 Å². The third kappa shape index (κ3) is 3.14. The van der Waals surface area contributed by atoms with Gasteiger partial charge >= 0.3 is 5.97 Å². The molecule has 0 aliphatic heterocycles. The molecule has 0 aliphatic carbocycles. The Balaban J connectivity index is 2.59. The first-order valence-corrected chi connectivity index (χ1v) is 5.42. The summed E-state index contributed by atoms with van der Waals surface area (Å²) in [5.41, 5.74) is 0.946. The minimum atomic E-state index is -0.349. The highest BCUT2D eigenvalue weighted by Crippen LogP contribution is 2.24. The van der Waals surface area contributed by atoms with Gasteiger partial charge in [0, 0.05) is 5.56 Å². The molecule has 0 saturated heterocycles. The number of hydrogen-bond donors (Lipinski definition) is 0. The van der Waals surface area contributed by atoms with Crippen molar-refractivity contribution >= 4 is 21.9 Å². The Labute approximate surface area is 92.4 Å².